The molecule has 0 radical (unpaired) electrons. The summed E-state index contributed by atoms with van der Waals surface area (Å²) in [7, 11) is 0. The standard InChI is InChI=1S/C20H16Cl2FN3O2/c21-12-8-13(22)10-15(9-12)26-19(27)16-17(11-2-4-14(23)5-3-11)24-6-1-7-25(24)18(16)20(26)28/h2-5,8-10,16-18H,1,6-7H2. The number of fused-ring (bicyclic) bond motifs is 3. The van der Waals surface area contributed by atoms with E-state index in [-0.39, 0.29) is 23.7 Å². The lowest BCUT2D eigenvalue weighted by Gasteiger charge is -2.29. The van der Waals surface area contributed by atoms with Crippen LogP contribution in [0.4, 0.5) is 10.1 Å². The number of amides is 2. The quantitative estimate of drug-likeness (QED) is 0.696. The first-order valence-electron chi connectivity index (χ1n) is 9.08. The van der Waals surface area contributed by atoms with E-state index in [1.807, 2.05) is 5.01 Å². The molecule has 0 spiro atoms. The number of carbonyl (C=O) groups is 2. The maximum atomic E-state index is 13.4. The molecule has 0 aromatic heterocycles. The van der Waals surface area contributed by atoms with Gasteiger partial charge in [0.2, 0.25) is 5.91 Å². The van der Waals surface area contributed by atoms with Gasteiger partial charge in [-0.2, -0.15) is 0 Å². The van der Waals surface area contributed by atoms with Crippen molar-refractivity contribution in [2.75, 3.05) is 18.0 Å². The molecule has 0 bridgehead atoms. The van der Waals surface area contributed by atoms with Crippen LogP contribution >= 0.6 is 23.2 Å². The van der Waals surface area contributed by atoms with Crippen molar-refractivity contribution in [3.8, 4) is 0 Å². The van der Waals surface area contributed by atoms with E-state index >= 15 is 0 Å². The van der Waals surface area contributed by atoms with E-state index in [0.29, 0.717) is 22.3 Å². The third-order valence-electron chi connectivity index (χ3n) is 5.72. The van der Waals surface area contributed by atoms with Crippen molar-refractivity contribution >= 4 is 40.7 Å². The van der Waals surface area contributed by atoms with Gasteiger partial charge in [-0.25, -0.2) is 19.3 Å². The Kier molecular flexibility index (Phi) is 4.21. The second-order valence-electron chi connectivity index (χ2n) is 7.29. The van der Waals surface area contributed by atoms with Crippen molar-refractivity contribution in [1.29, 1.82) is 0 Å². The van der Waals surface area contributed by atoms with Crippen LogP contribution in [0.15, 0.2) is 42.5 Å². The highest BCUT2D eigenvalue weighted by Crippen LogP contribution is 2.49. The Morgan fingerprint density at radius 1 is 0.857 bits per heavy atom. The van der Waals surface area contributed by atoms with Crippen molar-refractivity contribution in [1.82, 2.24) is 10.0 Å². The molecule has 2 amide bonds. The van der Waals surface area contributed by atoms with E-state index in [9.17, 15) is 14.0 Å². The summed E-state index contributed by atoms with van der Waals surface area (Å²) in [6.45, 7) is 1.47. The van der Waals surface area contributed by atoms with E-state index in [4.69, 9.17) is 23.2 Å². The summed E-state index contributed by atoms with van der Waals surface area (Å²) in [5.74, 6) is -1.45. The minimum Gasteiger partial charge on any atom is -0.274 e. The molecule has 3 fully saturated rings. The number of hydrogen-bond acceptors (Lipinski definition) is 4. The molecule has 0 aliphatic carbocycles. The number of imide groups is 1. The minimum atomic E-state index is -0.567. The molecule has 144 valence electrons. The fourth-order valence-corrected chi connectivity index (χ4v) is 5.21. The highest BCUT2D eigenvalue weighted by Gasteiger charge is 2.62. The van der Waals surface area contributed by atoms with Crippen LogP contribution in [0.2, 0.25) is 10.0 Å². The van der Waals surface area contributed by atoms with Crippen LogP contribution in [-0.4, -0.2) is 41.0 Å². The fourth-order valence-electron chi connectivity index (χ4n) is 4.70. The lowest BCUT2D eigenvalue weighted by atomic mass is 9.90. The molecule has 3 unspecified atom stereocenters. The second kappa shape index (κ2) is 6.52. The zero-order chi connectivity index (χ0) is 19.6. The van der Waals surface area contributed by atoms with Crippen LogP contribution in [-0.2, 0) is 9.59 Å². The molecule has 3 saturated heterocycles. The van der Waals surface area contributed by atoms with Crippen LogP contribution in [0, 0.1) is 11.7 Å². The average Bonchev–Trinajstić information content (AvgIpc) is 3.27. The van der Waals surface area contributed by atoms with Crippen LogP contribution in [0.25, 0.3) is 0 Å². The van der Waals surface area contributed by atoms with Gasteiger partial charge in [-0.3, -0.25) is 9.59 Å². The van der Waals surface area contributed by atoms with Gasteiger partial charge in [0.1, 0.15) is 11.9 Å². The molecule has 8 heteroatoms. The van der Waals surface area contributed by atoms with Crippen molar-refractivity contribution in [3.05, 3.63) is 63.9 Å². The maximum Gasteiger partial charge on any atom is 0.253 e. The molecule has 5 nitrogen and oxygen atoms in total. The van der Waals surface area contributed by atoms with Crippen LogP contribution in [0.5, 0.6) is 0 Å². The molecule has 3 aliphatic heterocycles. The third-order valence-corrected chi connectivity index (χ3v) is 6.16. The highest BCUT2D eigenvalue weighted by atomic mass is 35.5. The molecule has 0 saturated carbocycles. The van der Waals surface area contributed by atoms with Gasteiger partial charge in [-0.15, -0.1) is 0 Å². The van der Waals surface area contributed by atoms with E-state index in [1.54, 1.807) is 30.3 Å². The molecule has 0 N–H and O–H groups in total. The summed E-state index contributed by atoms with van der Waals surface area (Å²) in [6.07, 6.45) is 0.908. The Labute approximate surface area is 171 Å². The molecule has 3 heterocycles. The Bertz CT molecular complexity index is 964. The van der Waals surface area contributed by atoms with Crippen molar-refractivity contribution in [3.63, 3.8) is 0 Å². The monoisotopic (exact) mass is 419 g/mol. The summed E-state index contributed by atoms with van der Waals surface area (Å²) in [5.41, 5.74) is 1.21. The molecule has 28 heavy (non-hydrogen) atoms. The van der Waals surface area contributed by atoms with Crippen molar-refractivity contribution in [2.24, 2.45) is 5.92 Å². The number of anilines is 1. The van der Waals surface area contributed by atoms with Crippen molar-refractivity contribution < 1.29 is 14.0 Å². The number of hydrogen-bond donors (Lipinski definition) is 0. The summed E-state index contributed by atoms with van der Waals surface area (Å²) >= 11 is 12.2. The number of rotatable bonds is 2. The maximum absolute atomic E-state index is 13.4. The number of halogens is 3. The first-order chi connectivity index (χ1) is 13.5. The summed E-state index contributed by atoms with van der Waals surface area (Å²) < 4.78 is 13.4. The molecular weight excluding hydrogens is 404 g/mol. The van der Waals surface area contributed by atoms with Gasteiger partial charge in [0.25, 0.3) is 5.91 Å². The third kappa shape index (κ3) is 2.59. The SMILES string of the molecule is O=C1C2C(C(=O)N1c1cc(Cl)cc(Cl)c1)N1CCCN1C2c1ccc(F)cc1. The van der Waals surface area contributed by atoms with E-state index in [0.717, 1.165) is 18.5 Å². The van der Waals surface area contributed by atoms with Crippen LogP contribution in [0.3, 0.4) is 0 Å². The van der Waals surface area contributed by atoms with Gasteiger partial charge in [-0.05, 0) is 42.3 Å². The average molecular weight is 420 g/mol. The zero-order valence-corrected chi connectivity index (χ0v) is 16.2. The molecular formula is C20H16Cl2FN3O2. The topological polar surface area (TPSA) is 43.9 Å². The molecule has 3 aliphatic rings. The summed E-state index contributed by atoms with van der Waals surface area (Å²) in [6, 6.07) is 9.98. The second-order valence-corrected chi connectivity index (χ2v) is 8.16. The minimum absolute atomic E-state index is 0.273. The Morgan fingerprint density at radius 3 is 2.11 bits per heavy atom. The summed E-state index contributed by atoms with van der Waals surface area (Å²) in [4.78, 5) is 27.9. The van der Waals surface area contributed by atoms with E-state index in [2.05, 4.69) is 5.01 Å². The predicted molar refractivity (Wildman–Crippen MR) is 103 cm³/mol. The van der Waals surface area contributed by atoms with Crippen LogP contribution in [0.1, 0.15) is 18.0 Å². The molecule has 2 aromatic carbocycles. The number of carbonyl (C=O) groups excluding carboxylic acids is 2. The summed E-state index contributed by atoms with van der Waals surface area (Å²) in [5, 5.41) is 4.79. The van der Waals surface area contributed by atoms with Gasteiger partial charge in [0.05, 0.1) is 17.6 Å². The zero-order valence-electron chi connectivity index (χ0n) is 14.7. The number of hydrazine groups is 1. The normalized spacial score (nSPS) is 27.5. The van der Waals surface area contributed by atoms with Crippen LogP contribution < -0.4 is 4.90 Å². The lowest BCUT2D eigenvalue weighted by molar-refractivity contribution is -0.126. The molecule has 3 atom stereocenters. The Hall–Kier alpha value is -1.99. The molecule has 5 rings (SSSR count). The fraction of sp³-hybridized carbons (Fsp3) is 0.300. The van der Waals surface area contributed by atoms with E-state index in [1.165, 1.54) is 17.0 Å². The Morgan fingerprint density at radius 2 is 1.46 bits per heavy atom. The van der Waals surface area contributed by atoms with Gasteiger partial charge in [0.15, 0.2) is 0 Å². The first kappa shape index (κ1) is 18.1. The number of nitrogens with zero attached hydrogens (tertiary/aromatic N) is 3. The smallest absolute Gasteiger partial charge is 0.253 e. The largest absolute Gasteiger partial charge is 0.274 e. The predicted octanol–water partition coefficient (Wildman–Crippen LogP) is 3.67. The highest BCUT2D eigenvalue weighted by molar-refractivity contribution is 6.35. The Balaban J connectivity index is 1.59. The van der Waals surface area contributed by atoms with E-state index < -0.39 is 12.0 Å². The van der Waals surface area contributed by atoms with Gasteiger partial charge in [0, 0.05) is 23.1 Å². The number of benzene rings is 2. The lowest BCUT2D eigenvalue weighted by Crippen LogP contribution is -2.44. The first-order valence-corrected chi connectivity index (χ1v) is 9.84. The van der Waals surface area contributed by atoms with Crippen molar-refractivity contribution in [2.45, 2.75) is 18.5 Å². The van der Waals surface area contributed by atoms with Gasteiger partial charge >= 0.3 is 0 Å². The molecule has 2 aromatic rings. The van der Waals surface area contributed by atoms with Gasteiger partial charge in [-0.1, -0.05) is 35.3 Å². The van der Waals surface area contributed by atoms with Gasteiger partial charge < -0.3 is 0 Å².